The highest BCUT2D eigenvalue weighted by Gasteiger charge is 2.00. The van der Waals surface area contributed by atoms with Crippen molar-refractivity contribution in [2.45, 2.75) is 19.9 Å². The molecule has 0 atom stereocenters. The van der Waals surface area contributed by atoms with Gasteiger partial charge in [-0.25, -0.2) is 4.98 Å². The summed E-state index contributed by atoms with van der Waals surface area (Å²) in [4.78, 5) is 4.29. The number of aryl methyl sites for hydroxylation is 1. The van der Waals surface area contributed by atoms with Crippen LogP contribution in [-0.4, -0.2) is 9.55 Å². The Morgan fingerprint density at radius 1 is 1.27 bits per heavy atom. The summed E-state index contributed by atoms with van der Waals surface area (Å²) in [7, 11) is 0. The smallest absolute Gasteiger partial charge is 0.108 e. The molecule has 0 N–H and O–H groups in total. The second-order valence-corrected chi connectivity index (χ2v) is 3.89. The van der Waals surface area contributed by atoms with Gasteiger partial charge in [-0.2, -0.15) is 0 Å². The lowest BCUT2D eigenvalue weighted by molar-refractivity contribution is 0.732. The summed E-state index contributed by atoms with van der Waals surface area (Å²) in [5.74, 6) is 1.12. The number of hydrogen-bond acceptors (Lipinski definition) is 1. The van der Waals surface area contributed by atoms with Gasteiger partial charge in [0.05, 0.1) is 0 Å². The van der Waals surface area contributed by atoms with E-state index in [4.69, 9.17) is 11.6 Å². The van der Waals surface area contributed by atoms with Crippen molar-refractivity contribution < 1.29 is 0 Å². The quantitative estimate of drug-likeness (QED) is 0.777. The van der Waals surface area contributed by atoms with Gasteiger partial charge in [0.2, 0.25) is 0 Å². The summed E-state index contributed by atoms with van der Waals surface area (Å²) in [6.07, 6.45) is 4.81. The van der Waals surface area contributed by atoms with Gasteiger partial charge in [0, 0.05) is 30.4 Å². The molecule has 2 rings (SSSR count). The number of rotatable bonds is 3. The van der Waals surface area contributed by atoms with Gasteiger partial charge in [0.1, 0.15) is 5.82 Å². The normalized spacial score (nSPS) is 10.5. The lowest BCUT2D eigenvalue weighted by Crippen LogP contribution is -2.02. The first-order chi connectivity index (χ1) is 7.29. The van der Waals surface area contributed by atoms with Gasteiger partial charge < -0.3 is 4.57 Å². The second-order valence-electron chi connectivity index (χ2n) is 3.45. The van der Waals surface area contributed by atoms with Crippen molar-refractivity contribution in [2.24, 2.45) is 0 Å². The zero-order chi connectivity index (χ0) is 10.7. The first-order valence-electron chi connectivity index (χ1n) is 5.04. The van der Waals surface area contributed by atoms with Crippen LogP contribution in [0, 0.1) is 0 Å². The van der Waals surface area contributed by atoms with E-state index in [1.54, 1.807) is 0 Å². The topological polar surface area (TPSA) is 17.8 Å². The van der Waals surface area contributed by atoms with Gasteiger partial charge in [0.15, 0.2) is 0 Å². The van der Waals surface area contributed by atoms with Crippen LogP contribution in [0.1, 0.15) is 18.3 Å². The van der Waals surface area contributed by atoms with Crippen LogP contribution in [-0.2, 0) is 13.0 Å². The highest BCUT2D eigenvalue weighted by atomic mass is 35.5. The fraction of sp³-hybridized carbons (Fsp3) is 0.250. The molecule has 0 saturated heterocycles. The maximum Gasteiger partial charge on any atom is 0.108 e. The highest BCUT2D eigenvalue weighted by molar-refractivity contribution is 6.30. The van der Waals surface area contributed by atoms with Crippen molar-refractivity contribution in [1.82, 2.24) is 9.55 Å². The third-order valence-corrected chi connectivity index (χ3v) is 2.64. The molecule has 78 valence electrons. The van der Waals surface area contributed by atoms with E-state index in [9.17, 15) is 0 Å². The van der Waals surface area contributed by atoms with Crippen molar-refractivity contribution >= 4 is 11.6 Å². The maximum atomic E-state index is 5.83. The van der Waals surface area contributed by atoms with Crippen LogP contribution in [0.2, 0.25) is 5.02 Å². The zero-order valence-electron chi connectivity index (χ0n) is 8.65. The molecule has 3 heteroatoms. The molecule has 0 amide bonds. The SMILES string of the molecule is CCc1nccn1Cc1ccc(Cl)cc1. The Hall–Kier alpha value is -1.28. The molecule has 0 fully saturated rings. The van der Waals surface area contributed by atoms with Crippen LogP contribution in [0.5, 0.6) is 0 Å². The lowest BCUT2D eigenvalue weighted by Gasteiger charge is -2.06. The fourth-order valence-corrected chi connectivity index (χ4v) is 1.71. The van der Waals surface area contributed by atoms with E-state index in [0.717, 1.165) is 23.8 Å². The number of imidazole rings is 1. The molecule has 1 aromatic carbocycles. The van der Waals surface area contributed by atoms with Gasteiger partial charge in [-0.05, 0) is 17.7 Å². The first kappa shape index (κ1) is 10.2. The summed E-state index contributed by atoms with van der Waals surface area (Å²) >= 11 is 5.83. The molecule has 15 heavy (non-hydrogen) atoms. The molecular formula is C12H13ClN2. The molecule has 1 aromatic heterocycles. The van der Waals surface area contributed by atoms with Crippen molar-refractivity contribution in [3.05, 3.63) is 53.1 Å². The zero-order valence-corrected chi connectivity index (χ0v) is 9.41. The van der Waals surface area contributed by atoms with Crippen LogP contribution >= 0.6 is 11.6 Å². The van der Waals surface area contributed by atoms with E-state index in [1.807, 2.05) is 36.7 Å². The molecule has 0 unspecified atom stereocenters. The number of halogens is 1. The Bertz CT molecular complexity index is 431. The van der Waals surface area contributed by atoms with Crippen molar-refractivity contribution in [3.63, 3.8) is 0 Å². The monoisotopic (exact) mass is 220 g/mol. The Kier molecular flexibility index (Phi) is 3.07. The summed E-state index contributed by atoms with van der Waals surface area (Å²) in [5, 5.41) is 0.778. The standard InChI is InChI=1S/C12H13ClN2/c1-2-12-14-7-8-15(12)9-10-3-5-11(13)6-4-10/h3-8H,2,9H2,1H3. The number of hydrogen-bond donors (Lipinski definition) is 0. The lowest BCUT2D eigenvalue weighted by atomic mass is 10.2. The number of benzene rings is 1. The van der Waals surface area contributed by atoms with Crippen LogP contribution < -0.4 is 0 Å². The largest absolute Gasteiger partial charge is 0.331 e. The van der Waals surface area contributed by atoms with Crippen LogP contribution in [0.25, 0.3) is 0 Å². The van der Waals surface area contributed by atoms with Gasteiger partial charge in [-0.3, -0.25) is 0 Å². The maximum absolute atomic E-state index is 5.83. The Morgan fingerprint density at radius 2 is 2.00 bits per heavy atom. The Balaban J connectivity index is 2.18. The van der Waals surface area contributed by atoms with Gasteiger partial charge in [0.25, 0.3) is 0 Å². The van der Waals surface area contributed by atoms with Gasteiger partial charge >= 0.3 is 0 Å². The van der Waals surface area contributed by atoms with Crippen molar-refractivity contribution in [1.29, 1.82) is 0 Å². The molecule has 0 bridgehead atoms. The summed E-state index contributed by atoms with van der Waals surface area (Å²) in [6, 6.07) is 7.92. The predicted molar refractivity (Wildman–Crippen MR) is 62.2 cm³/mol. The number of aromatic nitrogens is 2. The average molecular weight is 221 g/mol. The molecule has 2 nitrogen and oxygen atoms in total. The van der Waals surface area contributed by atoms with E-state index in [2.05, 4.69) is 16.5 Å². The van der Waals surface area contributed by atoms with E-state index < -0.39 is 0 Å². The molecule has 0 aliphatic heterocycles. The van der Waals surface area contributed by atoms with E-state index >= 15 is 0 Å². The molecule has 0 aliphatic carbocycles. The molecule has 0 saturated carbocycles. The molecular weight excluding hydrogens is 208 g/mol. The molecule has 1 heterocycles. The van der Waals surface area contributed by atoms with Crippen molar-refractivity contribution in [2.75, 3.05) is 0 Å². The van der Waals surface area contributed by atoms with Gasteiger partial charge in [-0.15, -0.1) is 0 Å². The minimum Gasteiger partial charge on any atom is -0.331 e. The Labute approximate surface area is 94.5 Å². The highest BCUT2D eigenvalue weighted by Crippen LogP contribution is 2.11. The number of nitrogens with zero attached hydrogens (tertiary/aromatic N) is 2. The minimum atomic E-state index is 0.778. The van der Waals surface area contributed by atoms with Crippen LogP contribution in [0.3, 0.4) is 0 Å². The predicted octanol–water partition coefficient (Wildman–Crippen LogP) is 3.15. The summed E-state index contributed by atoms with van der Waals surface area (Å²) in [6.45, 7) is 2.97. The summed E-state index contributed by atoms with van der Waals surface area (Å²) < 4.78 is 2.16. The second kappa shape index (κ2) is 4.49. The minimum absolute atomic E-state index is 0.778. The first-order valence-corrected chi connectivity index (χ1v) is 5.42. The fourth-order valence-electron chi connectivity index (χ4n) is 1.58. The molecule has 0 spiro atoms. The molecule has 0 aliphatic rings. The summed E-state index contributed by atoms with van der Waals surface area (Å²) in [5.41, 5.74) is 1.24. The van der Waals surface area contributed by atoms with Crippen LogP contribution in [0.4, 0.5) is 0 Å². The third-order valence-electron chi connectivity index (χ3n) is 2.38. The third kappa shape index (κ3) is 2.39. The molecule has 2 aromatic rings. The van der Waals surface area contributed by atoms with Crippen LogP contribution in [0.15, 0.2) is 36.7 Å². The molecule has 0 radical (unpaired) electrons. The van der Waals surface area contributed by atoms with E-state index in [-0.39, 0.29) is 0 Å². The van der Waals surface area contributed by atoms with E-state index in [1.165, 1.54) is 5.56 Å². The van der Waals surface area contributed by atoms with Gasteiger partial charge in [-0.1, -0.05) is 30.7 Å². The van der Waals surface area contributed by atoms with E-state index in [0.29, 0.717) is 0 Å². The average Bonchev–Trinajstić information content (AvgIpc) is 2.69. The Morgan fingerprint density at radius 3 is 2.67 bits per heavy atom. The van der Waals surface area contributed by atoms with Crippen molar-refractivity contribution in [3.8, 4) is 0 Å².